The number of aliphatic hydroxyl groups is 1. The van der Waals surface area contributed by atoms with E-state index in [9.17, 15) is 4.79 Å². The minimum atomic E-state index is -0.298. The van der Waals surface area contributed by atoms with Gasteiger partial charge in [-0.15, -0.1) is 10.2 Å². The highest BCUT2D eigenvalue weighted by Gasteiger charge is 2.21. The van der Waals surface area contributed by atoms with Crippen LogP contribution in [-0.4, -0.2) is 45.9 Å². The van der Waals surface area contributed by atoms with Gasteiger partial charge in [0.2, 0.25) is 5.13 Å². The van der Waals surface area contributed by atoms with Crippen molar-refractivity contribution in [3.63, 3.8) is 0 Å². The molecule has 0 aliphatic heterocycles. The Hall–Kier alpha value is -1.21. The molecule has 102 valence electrons. The fraction of sp³-hybridized carbons (Fsp3) is 0.727. The maximum atomic E-state index is 11.8. The number of nitrogens with one attached hydrogen (secondary N) is 1. The second-order valence-electron chi connectivity index (χ2n) is 5.24. The summed E-state index contributed by atoms with van der Waals surface area (Å²) in [4.78, 5) is 13.2. The molecule has 0 aliphatic carbocycles. The molecule has 0 fully saturated rings. The van der Waals surface area contributed by atoms with Crippen molar-refractivity contribution < 1.29 is 9.90 Å². The molecule has 0 aliphatic rings. The largest absolute Gasteiger partial charge is 0.394 e. The lowest BCUT2D eigenvalue weighted by atomic mass is 9.98. The Labute approximate surface area is 111 Å². The first-order valence-corrected chi connectivity index (χ1v) is 6.56. The minimum Gasteiger partial charge on any atom is -0.394 e. The lowest BCUT2D eigenvalue weighted by molar-refractivity contribution is 0.166. The van der Waals surface area contributed by atoms with Crippen molar-refractivity contribution in [3.8, 4) is 0 Å². The van der Waals surface area contributed by atoms with Crippen molar-refractivity contribution in [3.05, 3.63) is 5.01 Å². The quantitative estimate of drug-likeness (QED) is 0.877. The van der Waals surface area contributed by atoms with Crippen molar-refractivity contribution in [1.82, 2.24) is 15.1 Å². The van der Waals surface area contributed by atoms with E-state index in [1.54, 1.807) is 14.0 Å². The first kappa shape index (κ1) is 14.8. The normalized spacial score (nSPS) is 13.2. The second kappa shape index (κ2) is 5.62. The van der Waals surface area contributed by atoms with Crippen molar-refractivity contribution in [2.75, 3.05) is 19.0 Å². The van der Waals surface area contributed by atoms with E-state index in [1.165, 1.54) is 16.2 Å². The number of likely N-dealkylation sites (N-methyl/N-ethyl adjacent to an activating group) is 1. The maximum Gasteiger partial charge on any atom is 0.323 e. The molecule has 0 bridgehead atoms. The molecule has 1 heterocycles. The lowest BCUT2D eigenvalue weighted by Gasteiger charge is -2.22. The van der Waals surface area contributed by atoms with Gasteiger partial charge in [-0.1, -0.05) is 32.1 Å². The Morgan fingerprint density at radius 3 is 2.56 bits per heavy atom. The Balaban J connectivity index is 2.68. The number of hydrogen-bond acceptors (Lipinski definition) is 5. The van der Waals surface area contributed by atoms with Gasteiger partial charge in [-0.25, -0.2) is 4.79 Å². The molecule has 0 spiro atoms. The van der Waals surface area contributed by atoms with Gasteiger partial charge in [-0.05, 0) is 6.92 Å². The summed E-state index contributed by atoms with van der Waals surface area (Å²) in [6.45, 7) is 7.81. The number of urea groups is 1. The zero-order valence-electron chi connectivity index (χ0n) is 11.4. The third-order valence-electron chi connectivity index (χ3n) is 2.53. The van der Waals surface area contributed by atoms with Crippen LogP contribution in [-0.2, 0) is 5.41 Å². The molecule has 1 aromatic heterocycles. The molecule has 2 amide bonds. The monoisotopic (exact) mass is 272 g/mol. The van der Waals surface area contributed by atoms with Crippen LogP contribution in [0.2, 0.25) is 0 Å². The Morgan fingerprint density at radius 2 is 2.11 bits per heavy atom. The number of aliphatic hydroxyl groups excluding tert-OH is 1. The predicted molar refractivity (Wildman–Crippen MR) is 71.9 cm³/mol. The molecule has 0 aromatic carbocycles. The van der Waals surface area contributed by atoms with E-state index in [2.05, 4.69) is 15.5 Å². The second-order valence-corrected chi connectivity index (χ2v) is 6.21. The molecule has 0 saturated carbocycles. The summed E-state index contributed by atoms with van der Waals surface area (Å²) in [5, 5.41) is 21.0. The Morgan fingerprint density at radius 1 is 1.50 bits per heavy atom. The van der Waals surface area contributed by atoms with E-state index in [-0.39, 0.29) is 24.1 Å². The third-order valence-corrected chi connectivity index (χ3v) is 3.79. The zero-order valence-corrected chi connectivity index (χ0v) is 12.2. The number of carbonyl (C=O) groups is 1. The molecular formula is C11H20N4O2S. The number of anilines is 1. The van der Waals surface area contributed by atoms with Gasteiger partial charge in [-0.2, -0.15) is 0 Å². The van der Waals surface area contributed by atoms with E-state index >= 15 is 0 Å². The molecule has 1 aromatic rings. The molecule has 0 saturated heterocycles. The number of hydrogen-bond donors (Lipinski definition) is 2. The molecule has 0 radical (unpaired) electrons. The van der Waals surface area contributed by atoms with Crippen LogP contribution < -0.4 is 5.32 Å². The van der Waals surface area contributed by atoms with Crippen LogP contribution in [0.3, 0.4) is 0 Å². The fourth-order valence-corrected chi connectivity index (χ4v) is 1.87. The number of aromatic nitrogens is 2. The van der Waals surface area contributed by atoms with Gasteiger partial charge in [0.1, 0.15) is 5.01 Å². The van der Waals surface area contributed by atoms with Gasteiger partial charge in [0.05, 0.1) is 12.6 Å². The van der Waals surface area contributed by atoms with Crippen molar-refractivity contribution in [2.24, 2.45) is 0 Å². The SMILES string of the molecule is CC(CO)N(C)C(=O)Nc1nnc(C(C)(C)C)s1. The Bertz CT molecular complexity index is 413. The zero-order chi connectivity index (χ0) is 13.9. The van der Waals surface area contributed by atoms with Crippen LogP contribution in [0.5, 0.6) is 0 Å². The fourth-order valence-electron chi connectivity index (χ4n) is 1.08. The molecule has 2 N–H and O–H groups in total. The molecule has 1 unspecified atom stereocenters. The van der Waals surface area contributed by atoms with Crippen LogP contribution in [0.1, 0.15) is 32.7 Å². The number of carbonyl (C=O) groups excluding carboxylic acids is 1. The smallest absolute Gasteiger partial charge is 0.323 e. The van der Waals surface area contributed by atoms with Gasteiger partial charge < -0.3 is 10.0 Å². The maximum absolute atomic E-state index is 11.8. The first-order valence-electron chi connectivity index (χ1n) is 5.74. The average Bonchev–Trinajstić information content (AvgIpc) is 2.75. The first-order chi connectivity index (χ1) is 8.25. The van der Waals surface area contributed by atoms with Gasteiger partial charge in [0.15, 0.2) is 0 Å². The van der Waals surface area contributed by atoms with Gasteiger partial charge in [-0.3, -0.25) is 5.32 Å². The van der Waals surface area contributed by atoms with Gasteiger partial charge >= 0.3 is 6.03 Å². The molecular weight excluding hydrogens is 252 g/mol. The minimum absolute atomic E-state index is 0.0761. The number of nitrogens with zero attached hydrogens (tertiary/aromatic N) is 3. The molecule has 1 rings (SSSR count). The highest BCUT2D eigenvalue weighted by atomic mass is 32.1. The van der Waals surface area contributed by atoms with Crippen molar-refractivity contribution >= 4 is 22.5 Å². The number of amides is 2. The van der Waals surface area contributed by atoms with Crippen molar-refractivity contribution in [1.29, 1.82) is 0 Å². The molecule has 18 heavy (non-hydrogen) atoms. The summed E-state index contributed by atoms with van der Waals surface area (Å²) in [6.07, 6.45) is 0. The van der Waals surface area contributed by atoms with E-state index in [1.807, 2.05) is 20.8 Å². The van der Waals surface area contributed by atoms with E-state index < -0.39 is 0 Å². The molecule has 7 heteroatoms. The summed E-state index contributed by atoms with van der Waals surface area (Å²) in [6, 6.07) is -0.534. The lowest BCUT2D eigenvalue weighted by Crippen LogP contribution is -2.40. The van der Waals surface area contributed by atoms with E-state index in [0.29, 0.717) is 5.13 Å². The summed E-state index contributed by atoms with van der Waals surface area (Å²) < 4.78 is 0. The van der Waals surface area contributed by atoms with Gasteiger partial charge in [0.25, 0.3) is 0 Å². The van der Waals surface area contributed by atoms with Crippen LogP contribution >= 0.6 is 11.3 Å². The molecule has 6 nitrogen and oxygen atoms in total. The summed E-state index contributed by atoms with van der Waals surface area (Å²) in [7, 11) is 1.63. The van der Waals surface area contributed by atoms with E-state index in [0.717, 1.165) is 5.01 Å². The Kier molecular flexibility index (Phi) is 4.64. The summed E-state index contributed by atoms with van der Waals surface area (Å²) in [5.41, 5.74) is -0.0784. The highest BCUT2D eigenvalue weighted by molar-refractivity contribution is 7.15. The predicted octanol–water partition coefficient (Wildman–Crippen LogP) is 1.68. The van der Waals surface area contributed by atoms with Crippen molar-refractivity contribution in [2.45, 2.75) is 39.2 Å². The van der Waals surface area contributed by atoms with Gasteiger partial charge in [0, 0.05) is 12.5 Å². The standard InChI is InChI=1S/C11H20N4O2S/c1-7(6-16)15(5)10(17)12-9-14-13-8(18-9)11(2,3)4/h7,16H,6H2,1-5H3,(H,12,14,17). The van der Waals surface area contributed by atoms with Crippen LogP contribution in [0.25, 0.3) is 0 Å². The van der Waals surface area contributed by atoms with Crippen LogP contribution in [0.15, 0.2) is 0 Å². The highest BCUT2D eigenvalue weighted by Crippen LogP contribution is 2.27. The molecule has 1 atom stereocenters. The topological polar surface area (TPSA) is 78.4 Å². The third kappa shape index (κ3) is 3.64. The van der Waals surface area contributed by atoms with Crippen LogP contribution in [0.4, 0.5) is 9.93 Å². The van der Waals surface area contributed by atoms with E-state index in [4.69, 9.17) is 5.11 Å². The average molecular weight is 272 g/mol. The van der Waals surface area contributed by atoms with Crippen LogP contribution in [0, 0.1) is 0 Å². The number of rotatable bonds is 3. The summed E-state index contributed by atoms with van der Waals surface area (Å²) >= 11 is 1.36. The summed E-state index contributed by atoms with van der Waals surface area (Å²) in [5.74, 6) is 0.